The van der Waals surface area contributed by atoms with E-state index in [1.54, 1.807) is 0 Å². The van der Waals surface area contributed by atoms with Crippen LogP contribution >= 0.6 is 0 Å². The van der Waals surface area contributed by atoms with Gasteiger partial charge in [0.1, 0.15) is 0 Å². The number of aromatic nitrogens is 2. The van der Waals surface area contributed by atoms with Gasteiger partial charge in [-0.25, -0.2) is 4.98 Å². The maximum Gasteiger partial charge on any atom is 0.0954 e. The van der Waals surface area contributed by atoms with Gasteiger partial charge in [-0.1, -0.05) is 20.3 Å². The molecule has 1 N–H and O–H groups in total. The molecule has 0 saturated heterocycles. The van der Waals surface area contributed by atoms with Crippen LogP contribution in [0.5, 0.6) is 0 Å². The fourth-order valence-electron chi connectivity index (χ4n) is 2.45. The van der Waals surface area contributed by atoms with Crippen LogP contribution in [0.1, 0.15) is 50.5 Å². The SMILES string of the molecule is CCCC(CC)n1cnc2c1CCNC2. The summed E-state index contributed by atoms with van der Waals surface area (Å²) in [5.74, 6) is 0. The van der Waals surface area contributed by atoms with E-state index in [-0.39, 0.29) is 0 Å². The summed E-state index contributed by atoms with van der Waals surface area (Å²) in [6, 6.07) is 0.657. The van der Waals surface area contributed by atoms with E-state index in [0.717, 1.165) is 19.5 Å². The van der Waals surface area contributed by atoms with Crippen molar-refractivity contribution in [3.05, 3.63) is 17.7 Å². The molecule has 0 saturated carbocycles. The van der Waals surface area contributed by atoms with Crippen LogP contribution in [0.2, 0.25) is 0 Å². The minimum atomic E-state index is 0.657. The highest BCUT2D eigenvalue weighted by Gasteiger charge is 2.18. The van der Waals surface area contributed by atoms with Crippen molar-refractivity contribution in [2.24, 2.45) is 0 Å². The molecule has 1 atom stereocenters. The molecule has 0 fully saturated rings. The first-order valence-electron chi connectivity index (χ1n) is 6.12. The fourth-order valence-corrected chi connectivity index (χ4v) is 2.45. The first-order chi connectivity index (χ1) is 7.36. The van der Waals surface area contributed by atoms with E-state index in [0.29, 0.717) is 6.04 Å². The molecule has 3 nitrogen and oxygen atoms in total. The van der Waals surface area contributed by atoms with Crippen LogP contribution in [0.4, 0.5) is 0 Å². The Bertz CT molecular complexity index is 317. The van der Waals surface area contributed by atoms with Crippen molar-refractivity contribution in [3.63, 3.8) is 0 Å². The molecular formula is C12H21N3. The summed E-state index contributed by atoms with van der Waals surface area (Å²) in [6.45, 7) is 6.58. The van der Waals surface area contributed by atoms with Crippen LogP contribution < -0.4 is 5.32 Å². The van der Waals surface area contributed by atoms with Gasteiger partial charge >= 0.3 is 0 Å². The van der Waals surface area contributed by atoms with Crippen molar-refractivity contribution in [1.82, 2.24) is 14.9 Å². The van der Waals surface area contributed by atoms with Crippen molar-refractivity contribution < 1.29 is 0 Å². The van der Waals surface area contributed by atoms with Crippen LogP contribution in [-0.4, -0.2) is 16.1 Å². The molecule has 0 spiro atoms. The van der Waals surface area contributed by atoms with Gasteiger partial charge in [-0.05, 0) is 12.8 Å². The van der Waals surface area contributed by atoms with E-state index in [1.165, 1.54) is 30.7 Å². The number of fused-ring (bicyclic) bond motifs is 1. The molecule has 0 amide bonds. The largest absolute Gasteiger partial charge is 0.331 e. The lowest BCUT2D eigenvalue weighted by molar-refractivity contribution is 0.429. The van der Waals surface area contributed by atoms with Gasteiger partial charge in [-0.2, -0.15) is 0 Å². The third-order valence-corrected chi connectivity index (χ3v) is 3.30. The number of rotatable bonds is 4. The quantitative estimate of drug-likeness (QED) is 0.821. The Labute approximate surface area is 91.9 Å². The molecular weight excluding hydrogens is 186 g/mol. The minimum absolute atomic E-state index is 0.657. The number of hydrogen-bond acceptors (Lipinski definition) is 2. The lowest BCUT2D eigenvalue weighted by Gasteiger charge is -2.21. The predicted octanol–water partition coefficient (Wildman–Crippen LogP) is 2.28. The first-order valence-corrected chi connectivity index (χ1v) is 6.12. The average Bonchev–Trinajstić information content (AvgIpc) is 2.70. The zero-order valence-electron chi connectivity index (χ0n) is 9.79. The third kappa shape index (κ3) is 2.07. The van der Waals surface area contributed by atoms with Gasteiger partial charge in [0.25, 0.3) is 0 Å². The Morgan fingerprint density at radius 1 is 1.53 bits per heavy atom. The number of nitrogens with one attached hydrogen (secondary N) is 1. The Morgan fingerprint density at radius 2 is 2.40 bits per heavy atom. The van der Waals surface area contributed by atoms with E-state index in [1.807, 2.05) is 6.33 Å². The summed E-state index contributed by atoms with van der Waals surface area (Å²) in [7, 11) is 0. The second-order valence-corrected chi connectivity index (χ2v) is 4.32. The van der Waals surface area contributed by atoms with Gasteiger partial charge in [0, 0.05) is 31.2 Å². The first kappa shape index (κ1) is 10.7. The molecule has 2 heterocycles. The monoisotopic (exact) mass is 207 g/mol. The lowest BCUT2D eigenvalue weighted by atomic mass is 10.1. The summed E-state index contributed by atoms with van der Waals surface area (Å²) in [4.78, 5) is 4.51. The van der Waals surface area contributed by atoms with Crippen molar-refractivity contribution in [2.75, 3.05) is 6.54 Å². The highest BCUT2D eigenvalue weighted by molar-refractivity contribution is 5.17. The molecule has 3 heteroatoms. The molecule has 0 aliphatic carbocycles. The van der Waals surface area contributed by atoms with Gasteiger partial charge < -0.3 is 9.88 Å². The van der Waals surface area contributed by atoms with E-state index >= 15 is 0 Å². The summed E-state index contributed by atoms with van der Waals surface area (Å²) < 4.78 is 2.42. The minimum Gasteiger partial charge on any atom is -0.331 e. The molecule has 15 heavy (non-hydrogen) atoms. The Hall–Kier alpha value is -0.830. The maximum absolute atomic E-state index is 4.51. The lowest BCUT2D eigenvalue weighted by Crippen LogP contribution is -2.25. The molecule has 1 aromatic heterocycles. The van der Waals surface area contributed by atoms with Gasteiger partial charge in [-0.15, -0.1) is 0 Å². The van der Waals surface area contributed by atoms with E-state index in [2.05, 4.69) is 28.7 Å². The van der Waals surface area contributed by atoms with Crippen LogP contribution in [0.25, 0.3) is 0 Å². The van der Waals surface area contributed by atoms with E-state index < -0.39 is 0 Å². The van der Waals surface area contributed by atoms with Crippen LogP contribution in [0, 0.1) is 0 Å². The highest BCUT2D eigenvalue weighted by atomic mass is 15.1. The molecule has 0 radical (unpaired) electrons. The zero-order valence-corrected chi connectivity index (χ0v) is 9.79. The molecule has 2 rings (SSSR count). The van der Waals surface area contributed by atoms with Crippen molar-refractivity contribution in [2.45, 2.75) is 52.1 Å². The van der Waals surface area contributed by atoms with Crippen LogP contribution in [-0.2, 0) is 13.0 Å². The Morgan fingerprint density at radius 3 is 3.13 bits per heavy atom. The van der Waals surface area contributed by atoms with E-state index in [4.69, 9.17) is 0 Å². The maximum atomic E-state index is 4.51. The molecule has 84 valence electrons. The van der Waals surface area contributed by atoms with Crippen LogP contribution in [0.3, 0.4) is 0 Å². The van der Waals surface area contributed by atoms with Gasteiger partial charge in [0.2, 0.25) is 0 Å². The third-order valence-electron chi connectivity index (χ3n) is 3.30. The van der Waals surface area contributed by atoms with Gasteiger partial charge in [0.15, 0.2) is 0 Å². The summed E-state index contributed by atoms with van der Waals surface area (Å²) in [5.41, 5.74) is 2.73. The Kier molecular flexibility index (Phi) is 3.41. The average molecular weight is 207 g/mol. The van der Waals surface area contributed by atoms with Crippen molar-refractivity contribution in [1.29, 1.82) is 0 Å². The summed E-state index contributed by atoms with van der Waals surface area (Å²) in [5, 5.41) is 3.37. The predicted molar refractivity (Wildman–Crippen MR) is 61.9 cm³/mol. The smallest absolute Gasteiger partial charge is 0.0954 e. The number of imidazole rings is 1. The Balaban J connectivity index is 2.22. The van der Waals surface area contributed by atoms with E-state index in [9.17, 15) is 0 Å². The number of hydrogen-bond donors (Lipinski definition) is 1. The van der Waals surface area contributed by atoms with Crippen LogP contribution in [0.15, 0.2) is 6.33 Å². The van der Waals surface area contributed by atoms with Crippen molar-refractivity contribution >= 4 is 0 Å². The fraction of sp³-hybridized carbons (Fsp3) is 0.750. The molecule has 1 aromatic rings. The van der Waals surface area contributed by atoms with Gasteiger partial charge in [0.05, 0.1) is 12.0 Å². The second kappa shape index (κ2) is 4.79. The summed E-state index contributed by atoms with van der Waals surface area (Å²) >= 11 is 0. The standard InChI is InChI=1S/C12H21N3/c1-3-5-10(4-2)15-9-14-11-8-13-7-6-12(11)15/h9-10,13H,3-8H2,1-2H3. The molecule has 1 aliphatic heterocycles. The topological polar surface area (TPSA) is 29.9 Å². The highest BCUT2D eigenvalue weighted by Crippen LogP contribution is 2.23. The molecule has 1 aliphatic rings. The normalized spacial score (nSPS) is 17.5. The molecule has 0 aromatic carbocycles. The summed E-state index contributed by atoms with van der Waals surface area (Å²) in [6.07, 6.45) is 6.91. The molecule has 0 bridgehead atoms. The molecule has 1 unspecified atom stereocenters. The van der Waals surface area contributed by atoms with Crippen molar-refractivity contribution in [3.8, 4) is 0 Å². The zero-order chi connectivity index (χ0) is 10.7. The van der Waals surface area contributed by atoms with Gasteiger partial charge in [-0.3, -0.25) is 0 Å². The number of nitrogens with zero attached hydrogens (tertiary/aromatic N) is 2. The second-order valence-electron chi connectivity index (χ2n) is 4.32.